The summed E-state index contributed by atoms with van der Waals surface area (Å²) in [7, 11) is 0. The van der Waals surface area contributed by atoms with Crippen molar-refractivity contribution >= 4 is 41.4 Å². The van der Waals surface area contributed by atoms with E-state index in [-0.39, 0.29) is 56.6 Å². The molecule has 1 atom stereocenters. The smallest absolute Gasteiger partial charge is 0.265 e. The van der Waals surface area contributed by atoms with E-state index in [0.29, 0.717) is 22.1 Å². The molecule has 0 saturated heterocycles. The van der Waals surface area contributed by atoms with Crippen molar-refractivity contribution in [2.75, 3.05) is 13.1 Å². The van der Waals surface area contributed by atoms with Gasteiger partial charge in [-0.15, -0.1) is 12.4 Å². The topological polar surface area (TPSA) is 125 Å². The lowest BCUT2D eigenvalue weighted by atomic mass is 10.1. The van der Waals surface area contributed by atoms with E-state index in [4.69, 9.17) is 38.4 Å². The van der Waals surface area contributed by atoms with E-state index < -0.39 is 23.4 Å². The second-order valence-electron chi connectivity index (χ2n) is 7.33. The number of hydrogen-bond donors (Lipinski definition) is 2. The summed E-state index contributed by atoms with van der Waals surface area (Å²) < 4.78 is 10.9. The van der Waals surface area contributed by atoms with Gasteiger partial charge < -0.3 is 20.3 Å². The number of carbonyl (C=O) groups excluding carboxylic acids is 1. The van der Waals surface area contributed by atoms with Gasteiger partial charge in [-0.1, -0.05) is 44.1 Å². The fraction of sp³-hybridized carbons (Fsp3) is 0.458. The van der Waals surface area contributed by atoms with Crippen molar-refractivity contribution in [2.45, 2.75) is 60.9 Å². The van der Waals surface area contributed by atoms with Gasteiger partial charge in [-0.3, -0.25) is 14.9 Å². The zero-order valence-corrected chi connectivity index (χ0v) is 21.1. The number of aliphatic hydroxyl groups is 1. The Morgan fingerprint density at radius 1 is 1.00 bits per heavy atom. The van der Waals surface area contributed by atoms with Crippen LogP contribution in [0.2, 0.25) is 10.0 Å². The highest BCUT2D eigenvalue weighted by molar-refractivity contribution is 6.32. The summed E-state index contributed by atoms with van der Waals surface area (Å²) in [5.74, 6) is 0.506. The zero-order valence-electron chi connectivity index (χ0n) is 18.8. The number of nitro groups is 1. The Balaban J connectivity index is -0.000000542. The molecule has 8 nitrogen and oxygen atoms in total. The van der Waals surface area contributed by atoms with Crippen LogP contribution in [0.25, 0.3) is 0 Å². The summed E-state index contributed by atoms with van der Waals surface area (Å²) in [6.07, 6.45) is -0.629. The highest BCUT2D eigenvalue weighted by Crippen LogP contribution is 2.28. The number of carbonyl (C=O) groups is 1. The SMILES string of the molecule is C.C.CC(C)Oc1ccc(C(=O)C[N+](=O)[O-])cc1Cl.CC(C)Oc1ccc(C(O)CN)cc1Cl.Cl. The quantitative estimate of drug-likeness (QED) is 0.208. The molecule has 0 saturated carbocycles. The minimum Gasteiger partial charge on any atom is -0.489 e. The van der Waals surface area contributed by atoms with Gasteiger partial charge in [-0.25, -0.2) is 0 Å². The molecule has 11 heteroatoms. The van der Waals surface area contributed by atoms with Crippen LogP contribution in [-0.2, 0) is 0 Å². The molecule has 3 N–H and O–H groups in total. The second-order valence-corrected chi connectivity index (χ2v) is 8.15. The van der Waals surface area contributed by atoms with Gasteiger partial charge in [0.05, 0.1) is 28.4 Å². The van der Waals surface area contributed by atoms with Crippen molar-refractivity contribution in [3.05, 3.63) is 67.7 Å². The lowest BCUT2D eigenvalue weighted by Gasteiger charge is -2.14. The van der Waals surface area contributed by atoms with E-state index in [2.05, 4.69) is 0 Å². The molecule has 0 spiro atoms. The van der Waals surface area contributed by atoms with Gasteiger partial charge in [0.15, 0.2) is 0 Å². The van der Waals surface area contributed by atoms with Crippen molar-refractivity contribution in [2.24, 2.45) is 5.73 Å². The number of benzene rings is 2. The highest BCUT2D eigenvalue weighted by atomic mass is 35.5. The first kappa shape index (κ1) is 37.4. The number of Topliss-reactive ketones (excluding diaryl/α,β-unsaturated/α-hetero) is 1. The highest BCUT2D eigenvalue weighted by Gasteiger charge is 2.15. The molecule has 0 bridgehead atoms. The molecule has 200 valence electrons. The van der Waals surface area contributed by atoms with E-state index in [1.54, 1.807) is 18.2 Å². The van der Waals surface area contributed by atoms with Crippen molar-refractivity contribution in [1.82, 2.24) is 0 Å². The van der Waals surface area contributed by atoms with Crippen LogP contribution in [0, 0.1) is 10.1 Å². The van der Waals surface area contributed by atoms with Crippen molar-refractivity contribution in [3.63, 3.8) is 0 Å². The van der Waals surface area contributed by atoms with Gasteiger partial charge in [0.1, 0.15) is 11.5 Å². The summed E-state index contributed by atoms with van der Waals surface area (Å²) in [6, 6.07) is 9.57. The lowest BCUT2D eigenvalue weighted by Crippen LogP contribution is -2.14. The molecular weight excluding hydrogens is 519 g/mol. The Labute approximate surface area is 224 Å². The Morgan fingerprint density at radius 3 is 1.83 bits per heavy atom. The Hall–Kier alpha value is -2.10. The van der Waals surface area contributed by atoms with Crippen molar-refractivity contribution < 1.29 is 24.3 Å². The van der Waals surface area contributed by atoms with Gasteiger partial charge in [-0.05, 0) is 63.6 Å². The number of ether oxygens (including phenoxy) is 2. The van der Waals surface area contributed by atoms with Gasteiger partial charge in [-0.2, -0.15) is 0 Å². The van der Waals surface area contributed by atoms with E-state index in [0.717, 1.165) is 0 Å². The molecule has 0 radical (unpaired) electrons. The third-order valence-corrected chi connectivity index (χ3v) is 4.41. The Morgan fingerprint density at radius 2 is 1.46 bits per heavy atom. The summed E-state index contributed by atoms with van der Waals surface area (Å²) in [4.78, 5) is 20.9. The molecule has 1 unspecified atom stereocenters. The predicted octanol–water partition coefficient (Wildman–Crippen LogP) is 6.40. The largest absolute Gasteiger partial charge is 0.489 e. The third kappa shape index (κ3) is 13.5. The van der Waals surface area contributed by atoms with Crippen LogP contribution in [0.1, 0.15) is 64.6 Å². The predicted molar refractivity (Wildman–Crippen MR) is 145 cm³/mol. The van der Waals surface area contributed by atoms with Crippen LogP contribution in [0.4, 0.5) is 0 Å². The molecule has 2 aromatic rings. The van der Waals surface area contributed by atoms with Crippen molar-refractivity contribution in [1.29, 1.82) is 0 Å². The van der Waals surface area contributed by atoms with Crippen LogP contribution in [0.3, 0.4) is 0 Å². The Bertz CT molecular complexity index is 926. The third-order valence-electron chi connectivity index (χ3n) is 3.82. The van der Waals surface area contributed by atoms with Gasteiger partial charge in [0.2, 0.25) is 5.78 Å². The van der Waals surface area contributed by atoms with Gasteiger partial charge in [0.25, 0.3) is 6.54 Å². The fourth-order valence-electron chi connectivity index (χ4n) is 2.44. The van der Waals surface area contributed by atoms with E-state index in [9.17, 15) is 20.0 Å². The molecule has 0 aromatic heterocycles. The first-order valence-corrected chi connectivity index (χ1v) is 10.7. The van der Waals surface area contributed by atoms with E-state index in [1.165, 1.54) is 18.2 Å². The molecule has 0 heterocycles. The molecule has 0 fully saturated rings. The first-order valence-electron chi connectivity index (χ1n) is 9.90. The average Bonchev–Trinajstić information content (AvgIpc) is 2.69. The maximum absolute atomic E-state index is 11.4. The number of halogens is 3. The van der Waals surface area contributed by atoms with Gasteiger partial charge in [0, 0.05) is 17.0 Å². The van der Waals surface area contributed by atoms with E-state index >= 15 is 0 Å². The number of ketones is 1. The number of aliphatic hydroxyl groups excluding tert-OH is 1. The van der Waals surface area contributed by atoms with Gasteiger partial charge >= 0.3 is 0 Å². The standard InChI is InChI=1S/C11H12ClNO4.C11H16ClNO2.2CH4.ClH/c1-7(2)17-11-4-3-8(5-9(11)12)10(14)6-13(15)16;1-7(2)15-11-4-3-8(5-9(11)12)10(14)6-13;;;/h3-5,7H,6H2,1-2H3;3-5,7,10,14H,6,13H2,1-2H3;2*1H4;1H. The van der Waals surface area contributed by atoms with E-state index in [1.807, 2.05) is 27.7 Å². The Kier molecular flexibility index (Phi) is 19.5. The summed E-state index contributed by atoms with van der Waals surface area (Å²) >= 11 is 11.9. The van der Waals surface area contributed by atoms with Crippen molar-refractivity contribution in [3.8, 4) is 11.5 Å². The number of hydrogen-bond acceptors (Lipinski definition) is 7. The van der Waals surface area contributed by atoms with Crippen LogP contribution >= 0.6 is 35.6 Å². The molecule has 0 aliphatic carbocycles. The average molecular weight is 556 g/mol. The zero-order chi connectivity index (χ0) is 24.4. The normalized spacial score (nSPS) is 10.6. The van der Waals surface area contributed by atoms with Crippen LogP contribution in [0.5, 0.6) is 11.5 Å². The summed E-state index contributed by atoms with van der Waals surface area (Å²) in [6.45, 7) is 7.00. The summed E-state index contributed by atoms with van der Waals surface area (Å²) in [5.41, 5.74) is 6.27. The number of nitrogens with zero attached hydrogens (tertiary/aromatic N) is 1. The molecule has 2 rings (SSSR count). The monoisotopic (exact) mass is 554 g/mol. The maximum atomic E-state index is 11.4. The molecule has 0 amide bonds. The molecule has 2 aromatic carbocycles. The molecule has 0 aliphatic rings. The minimum atomic E-state index is -0.735. The summed E-state index contributed by atoms with van der Waals surface area (Å²) in [5, 5.41) is 20.5. The number of rotatable bonds is 9. The lowest BCUT2D eigenvalue weighted by molar-refractivity contribution is -0.465. The minimum absolute atomic E-state index is 0. The molecule has 0 aliphatic heterocycles. The van der Waals surface area contributed by atoms with Crippen LogP contribution in [-0.4, -0.2) is 41.1 Å². The maximum Gasteiger partial charge on any atom is 0.265 e. The number of nitrogens with two attached hydrogens (primary N) is 1. The second kappa shape index (κ2) is 18.2. The first-order chi connectivity index (χ1) is 14.9. The fourth-order valence-corrected chi connectivity index (χ4v) is 2.90. The van der Waals surface area contributed by atoms with Crippen LogP contribution < -0.4 is 15.2 Å². The van der Waals surface area contributed by atoms with Crippen LogP contribution in [0.15, 0.2) is 36.4 Å². The molecular formula is C24H37Cl3N2O6. The molecule has 35 heavy (non-hydrogen) atoms.